The number of aliphatic hydroxyl groups is 1. The highest BCUT2D eigenvalue weighted by molar-refractivity contribution is 6.32. The van der Waals surface area contributed by atoms with Gasteiger partial charge in [0.1, 0.15) is 12.4 Å². The second-order valence-corrected chi connectivity index (χ2v) is 4.56. The van der Waals surface area contributed by atoms with Gasteiger partial charge in [-0.25, -0.2) is 0 Å². The molecule has 0 spiro atoms. The van der Waals surface area contributed by atoms with E-state index in [1.165, 1.54) is 0 Å². The molecule has 0 fully saturated rings. The van der Waals surface area contributed by atoms with Gasteiger partial charge >= 0.3 is 0 Å². The van der Waals surface area contributed by atoms with Gasteiger partial charge < -0.3 is 9.84 Å². The number of hydrogen-bond donors (Lipinski definition) is 1. The van der Waals surface area contributed by atoms with Crippen LogP contribution in [-0.4, -0.2) is 11.7 Å². The quantitative estimate of drug-likeness (QED) is 0.869. The Bertz CT molecular complexity index is 626. The second kappa shape index (κ2) is 7.59. The molecule has 0 bridgehead atoms. The van der Waals surface area contributed by atoms with Crippen molar-refractivity contribution >= 4 is 11.6 Å². The number of ether oxygens (including phenoxy) is 1. The zero-order valence-corrected chi connectivity index (χ0v) is 11.7. The Labute approximate surface area is 124 Å². The summed E-state index contributed by atoms with van der Waals surface area (Å²) in [5, 5.41) is 9.35. The van der Waals surface area contributed by atoms with Crippen LogP contribution >= 0.6 is 11.6 Å². The fourth-order valence-electron chi connectivity index (χ4n) is 1.70. The average molecular weight is 287 g/mol. The van der Waals surface area contributed by atoms with Crippen LogP contribution in [0.3, 0.4) is 0 Å². The van der Waals surface area contributed by atoms with Gasteiger partial charge in [0.25, 0.3) is 0 Å². The molecular weight excluding hydrogens is 272 g/mol. The van der Waals surface area contributed by atoms with Crippen LogP contribution in [0.25, 0.3) is 0 Å². The third-order valence-corrected chi connectivity index (χ3v) is 3.01. The topological polar surface area (TPSA) is 29.5 Å². The lowest BCUT2D eigenvalue weighted by molar-refractivity contribution is 0.305. The first kappa shape index (κ1) is 14.5. The average Bonchev–Trinajstić information content (AvgIpc) is 2.48. The fraction of sp³-hybridized carbons (Fsp3) is 0.176. The molecule has 0 amide bonds. The summed E-state index contributed by atoms with van der Waals surface area (Å²) in [6, 6.07) is 15.2. The predicted molar refractivity (Wildman–Crippen MR) is 80.8 cm³/mol. The summed E-state index contributed by atoms with van der Waals surface area (Å²) in [6.45, 7) is 0.485. The number of benzene rings is 2. The highest BCUT2D eigenvalue weighted by Gasteiger charge is 2.03. The molecule has 2 nitrogen and oxygen atoms in total. The van der Waals surface area contributed by atoms with E-state index in [1.54, 1.807) is 6.07 Å². The Morgan fingerprint density at radius 2 is 1.80 bits per heavy atom. The molecule has 1 N–H and O–H groups in total. The molecular formula is C17H15ClO2. The van der Waals surface area contributed by atoms with Crippen LogP contribution in [0.5, 0.6) is 5.75 Å². The van der Waals surface area contributed by atoms with Crippen LogP contribution in [0.15, 0.2) is 48.5 Å². The number of rotatable bonds is 4. The fourth-order valence-corrected chi connectivity index (χ4v) is 1.89. The van der Waals surface area contributed by atoms with E-state index in [9.17, 15) is 0 Å². The molecule has 20 heavy (non-hydrogen) atoms. The van der Waals surface area contributed by atoms with Crippen LogP contribution in [0.4, 0.5) is 0 Å². The number of halogens is 1. The molecule has 0 aliphatic carbocycles. The van der Waals surface area contributed by atoms with E-state index in [1.807, 2.05) is 42.5 Å². The van der Waals surface area contributed by atoms with Gasteiger partial charge in [-0.05, 0) is 18.2 Å². The third-order valence-electron chi connectivity index (χ3n) is 2.70. The highest BCUT2D eigenvalue weighted by atomic mass is 35.5. The van der Waals surface area contributed by atoms with Crippen LogP contribution in [0.1, 0.15) is 17.5 Å². The molecule has 0 saturated carbocycles. The van der Waals surface area contributed by atoms with Gasteiger partial charge in [-0.15, -0.1) is 0 Å². The molecule has 0 unspecified atom stereocenters. The van der Waals surface area contributed by atoms with Crippen molar-refractivity contribution in [2.24, 2.45) is 0 Å². The summed E-state index contributed by atoms with van der Waals surface area (Å²) in [5.41, 5.74) is 1.91. The van der Waals surface area contributed by atoms with Crippen LogP contribution in [0, 0.1) is 11.8 Å². The number of para-hydroxylation sites is 1. The van der Waals surface area contributed by atoms with Gasteiger partial charge in [0.2, 0.25) is 0 Å². The van der Waals surface area contributed by atoms with Gasteiger partial charge in [-0.2, -0.15) is 0 Å². The summed E-state index contributed by atoms with van der Waals surface area (Å²) in [4.78, 5) is 0. The number of aliphatic hydroxyl groups excluding tert-OH is 1. The van der Waals surface area contributed by atoms with E-state index < -0.39 is 0 Å². The summed E-state index contributed by atoms with van der Waals surface area (Å²) in [5.74, 6) is 6.62. The predicted octanol–water partition coefficient (Wildman–Crippen LogP) is 3.65. The van der Waals surface area contributed by atoms with Gasteiger partial charge in [0.05, 0.1) is 11.6 Å². The maximum absolute atomic E-state index is 8.75. The van der Waals surface area contributed by atoms with Crippen molar-refractivity contribution in [2.45, 2.75) is 13.0 Å². The van der Waals surface area contributed by atoms with Gasteiger partial charge in [-0.1, -0.05) is 53.8 Å². The minimum absolute atomic E-state index is 0.0747. The monoisotopic (exact) mass is 286 g/mol. The largest absolute Gasteiger partial charge is 0.487 e. The Balaban J connectivity index is 2.10. The van der Waals surface area contributed by atoms with Crippen LogP contribution < -0.4 is 4.74 Å². The molecule has 2 aromatic rings. The van der Waals surface area contributed by atoms with Gasteiger partial charge in [-0.3, -0.25) is 0 Å². The van der Waals surface area contributed by atoms with Gasteiger partial charge in [0.15, 0.2) is 0 Å². The van der Waals surface area contributed by atoms with Crippen molar-refractivity contribution in [3.63, 3.8) is 0 Å². The van der Waals surface area contributed by atoms with E-state index in [0.717, 1.165) is 11.1 Å². The standard InChI is InChI=1S/C17H15ClO2/c18-16-10-3-4-11-17(16)20-13-15-9-2-1-7-14(15)8-5-6-12-19/h1-4,7,9-11,19H,6,12-13H2. The van der Waals surface area contributed by atoms with Crippen molar-refractivity contribution in [3.05, 3.63) is 64.7 Å². The first-order chi connectivity index (χ1) is 9.81. The van der Waals surface area contributed by atoms with E-state index in [4.69, 9.17) is 21.4 Å². The number of hydrogen-bond acceptors (Lipinski definition) is 2. The zero-order valence-electron chi connectivity index (χ0n) is 11.0. The second-order valence-electron chi connectivity index (χ2n) is 4.15. The first-order valence-electron chi connectivity index (χ1n) is 6.36. The molecule has 0 aliphatic rings. The van der Waals surface area contributed by atoms with Crippen molar-refractivity contribution in [3.8, 4) is 17.6 Å². The first-order valence-corrected chi connectivity index (χ1v) is 6.74. The van der Waals surface area contributed by atoms with E-state index in [-0.39, 0.29) is 6.61 Å². The molecule has 0 atom stereocenters. The molecule has 0 radical (unpaired) electrons. The molecule has 2 aromatic carbocycles. The van der Waals surface area contributed by atoms with Crippen LogP contribution in [-0.2, 0) is 6.61 Å². The normalized spacial score (nSPS) is 9.70. The van der Waals surface area contributed by atoms with E-state index >= 15 is 0 Å². The molecule has 3 heteroatoms. The molecule has 2 rings (SSSR count). The molecule has 102 valence electrons. The SMILES string of the molecule is OCCC#Cc1ccccc1COc1ccccc1Cl. The minimum Gasteiger partial charge on any atom is -0.487 e. The van der Waals surface area contributed by atoms with Crippen molar-refractivity contribution in [2.75, 3.05) is 6.61 Å². The maximum atomic E-state index is 8.75. The van der Waals surface area contributed by atoms with E-state index in [0.29, 0.717) is 23.8 Å². The molecule has 0 saturated heterocycles. The maximum Gasteiger partial charge on any atom is 0.138 e. The summed E-state index contributed by atoms with van der Waals surface area (Å²) in [6.07, 6.45) is 0.472. The molecule has 0 heterocycles. The zero-order chi connectivity index (χ0) is 14.2. The minimum atomic E-state index is 0.0747. The smallest absolute Gasteiger partial charge is 0.138 e. The lowest BCUT2D eigenvalue weighted by Crippen LogP contribution is -1.98. The van der Waals surface area contributed by atoms with Crippen molar-refractivity contribution in [1.29, 1.82) is 0 Å². The third kappa shape index (κ3) is 4.03. The Morgan fingerprint density at radius 1 is 1.05 bits per heavy atom. The lowest BCUT2D eigenvalue weighted by Gasteiger charge is -2.09. The summed E-state index contributed by atoms with van der Waals surface area (Å²) >= 11 is 6.05. The van der Waals surface area contributed by atoms with Gasteiger partial charge in [0, 0.05) is 17.5 Å². The van der Waals surface area contributed by atoms with Crippen molar-refractivity contribution < 1.29 is 9.84 Å². The molecule has 0 aliphatic heterocycles. The Hall–Kier alpha value is -1.95. The lowest BCUT2D eigenvalue weighted by atomic mass is 10.1. The van der Waals surface area contributed by atoms with Crippen molar-refractivity contribution in [1.82, 2.24) is 0 Å². The highest BCUT2D eigenvalue weighted by Crippen LogP contribution is 2.24. The Kier molecular flexibility index (Phi) is 5.49. The summed E-state index contributed by atoms with van der Waals surface area (Å²) < 4.78 is 5.72. The van der Waals surface area contributed by atoms with Crippen LogP contribution in [0.2, 0.25) is 5.02 Å². The summed E-state index contributed by atoms with van der Waals surface area (Å²) in [7, 11) is 0. The van der Waals surface area contributed by atoms with E-state index in [2.05, 4.69) is 11.8 Å². The Morgan fingerprint density at radius 3 is 2.60 bits per heavy atom. The molecule has 0 aromatic heterocycles.